The maximum atomic E-state index is 9.55. The fraction of sp³-hybridized carbons (Fsp3) is 0.250. The third kappa shape index (κ3) is 4.22. The SMILES string of the molecule is N#Cc1cc(-c2ccnc(Nc3cnccn3)n2)ccc1OC1CCOCC1. The Morgan fingerprint density at radius 2 is 2.00 bits per heavy atom. The van der Waals surface area contributed by atoms with Crippen LogP contribution in [-0.4, -0.2) is 39.3 Å². The van der Waals surface area contributed by atoms with Crippen molar-refractivity contribution in [2.75, 3.05) is 18.5 Å². The Bertz CT molecular complexity index is 983. The highest BCUT2D eigenvalue weighted by Gasteiger charge is 2.17. The number of anilines is 2. The van der Waals surface area contributed by atoms with Crippen LogP contribution in [0.3, 0.4) is 0 Å². The number of nitrogens with one attached hydrogen (secondary N) is 1. The molecule has 0 saturated carbocycles. The van der Waals surface area contributed by atoms with Gasteiger partial charge in [0.1, 0.15) is 17.9 Å². The molecule has 140 valence electrons. The van der Waals surface area contributed by atoms with Crippen molar-refractivity contribution in [1.82, 2.24) is 19.9 Å². The molecule has 0 aliphatic carbocycles. The Morgan fingerprint density at radius 3 is 2.79 bits per heavy atom. The Labute approximate surface area is 162 Å². The van der Waals surface area contributed by atoms with E-state index in [1.165, 1.54) is 0 Å². The molecule has 1 fully saturated rings. The summed E-state index contributed by atoms with van der Waals surface area (Å²) in [5.74, 6) is 1.54. The number of hydrogen-bond acceptors (Lipinski definition) is 8. The van der Waals surface area contributed by atoms with Crippen LogP contribution >= 0.6 is 0 Å². The Kier molecular flexibility index (Phi) is 5.36. The fourth-order valence-corrected chi connectivity index (χ4v) is 2.91. The zero-order chi connectivity index (χ0) is 19.2. The van der Waals surface area contributed by atoms with Crippen molar-refractivity contribution in [3.05, 3.63) is 54.6 Å². The average Bonchev–Trinajstić information content (AvgIpc) is 2.76. The number of benzene rings is 1. The van der Waals surface area contributed by atoms with Crippen LogP contribution < -0.4 is 10.1 Å². The Balaban J connectivity index is 1.55. The fourth-order valence-electron chi connectivity index (χ4n) is 2.91. The molecule has 8 nitrogen and oxygen atoms in total. The molecule has 4 rings (SSSR count). The summed E-state index contributed by atoms with van der Waals surface area (Å²) in [5, 5.41) is 12.6. The van der Waals surface area contributed by atoms with Gasteiger partial charge in [-0.3, -0.25) is 4.98 Å². The standard InChI is InChI=1S/C20H18N6O2/c21-12-15-11-14(1-2-18(15)28-16-4-9-27-10-5-16)17-3-6-24-20(25-17)26-19-13-22-7-8-23-19/h1-3,6-8,11,13,16H,4-5,9-10H2,(H,23,24,25,26). The van der Waals surface area contributed by atoms with Gasteiger partial charge in [0, 0.05) is 37.0 Å². The van der Waals surface area contributed by atoms with E-state index in [1.54, 1.807) is 36.9 Å². The molecule has 0 unspecified atom stereocenters. The van der Waals surface area contributed by atoms with Gasteiger partial charge in [-0.15, -0.1) is 0 Å². The lowest BCUT2D eigenvalue weighted by atomic mass is 10.1. The van der Waals surface area contributed by atoms with Crippen molar-refractivity contribution < 1.29 is 9.47 Å². The van der Waals surface area contributed by atoms with Crippen molar-refractivity contribution in [3.63, 3.8) is 0 Å². The highest BCUT2D eigenvalue weighted by Crippen LogP contribution is 2.28. The number of hydrogen-bond donors (Lipinski definition) is 1. The highest BCUT2D eigenvalue weighted by molar-refractivity contribution is 5.65. The largest absolute Gasteiger partial charge is 0.489 e. The van der Waals surface area contributed by atoms with E-state index in [0.717, 1.165) is 18.4 Å². The van der Waals surface area contributed by atoms with Crippen molar-refractivity contribution in [2.24, 2.45) is 0 Å². The van der Waals surface area contributed by atoms with Gasteiger partial charge in [0.25, 0.3) is 0 Å². The van der Waals surface area contributed by atoms with Crippen molar-refractivity contribution in [3.8, 4) is 23.1 Å². The summed E-state index contributed by atoms with van der Waals surface area (Å²) in [6.45, 7) is 1.38. The van der Waals surface area contributed by atoms with Gasteiger partial charge < -0.3 is 14.8 Å². The van der Waals surface area contributed by atoms with Crippen LogP contribution in [0.5, 0.6) is 5.75 Å². The predicted octanol–water partition coefficient (Wildman–Crippen LogP) is 3.11. The van der Waals surface area contributed by atoms with Crippen LogP contribution in [0.1, 0.15) is 18.4 Å². The third-order valence-electron chi connectivity index (χ3n) is 4.32. The highest BCUT2D eigenvalue weighted by atomic mass is 16.5. The van der Waals surface area contributed by atoms with Gasteiger partial charge in [0.2, 0.25) is 5.95 Å². The first-order valence-electron chi connectivity index (χ1n) is 8.97. The van der Waals surface area contributed by atoms with Crippen LogP contribution in [0.2, 0.25) is 0 Å². The van der Waals surface area contributed by atoms with E-state index >= 15 is 0 Å². The summed E-state index contributed by atoms with van der Waals surface area (Å²) in [6, 6.07) is 9.50. The van der Waals surface area contributed by atoms with Crippen LogP contribution in [0.4, 0.5) is 11.8 Å². The molecule has 1 aliphatic rings. The predicted molar refractivity (Wildman–Crippen MR) is 102 cm³/mol. The van der Waals surface area contributed by atoms with Crippen LogP contribution in [0.25, 0.3) is 11.3 Å². The minimum atomic E-state index is 0.0773. The van der Waals surface area contributed by atoms with Gasteiger partial charge in [-0.25, -0.2) is 15.0 Å². The second-order valence-electron chi connectivity index (χ2n) is 6.23. The first kappa shape index (κ1) is 17.8. The molecule has 0 radical (unpaired) electrons. The zero-order valence-corrected chi connectivity index (χ0v) is 15.1. The molecule has 2 aromatic heterocycles. The Morgan fingerprint density at radius 1 is 1.11 bits per heavy atom. The monoisotopic (exact) mass is 374 g/mol. The number of rotatable bonds is 5. The molecule has 3 heterocycles. The molecule has 1 saturated heterocycles. The first-order chi connectivity index (χ1) is 13.8. The lowest BCUT2D eigenvalue weighted by Gasteiger charge is -2.23. The molecule has 0 amide bonds. The normalized spacial score (nSPS) is 14.2. The van der Waals surface area contributed by atoms with Crippen molar-refractivity contribution >= 4 is 11.8 Å². The molecule has 0 atom stereocenters. The number of ether oxygens (including phenoxy) is 2. The summed E-state index contributed by atoms with van der Waals surface area (Å²) >= 11 is 0. The molecule has 1 aromatic carbocycles. The molecule has 1 aliphatic heterocycles. The lowest BCUT2D eigenvalue weighted by Crippen LogP contribution is -2.26. The molecule has 0 spiro atoms. The van der Waals surface area contributed by atoms with Crippen molar-refractivity contribution in [1.29, 1.82) is 5.26 Å². The van der Waals surface area contributed by atoms with Crippen molar-refractivity contribution in [2.45, 2.75) is 18.9 Å². The van der Waals surface area contributed by atoms with Gasteiger partial charge in [0.05, 0.1) is 30.7 Å². The molecule has 28 heavy (non-hydrogen) atoms. The molecule has 0 bridgehead atoms. The van der Waals surface area contributed by atoms with E-state index in [2.05, 4.69) is 31.3 Å². The molecule has 1 N–H and O–H groups in total. The third-order valence-corrected chi connectivity index (χ3v) is 4.32. The average molecular weight is 374 g/mol. The van der Waals surface area contributed by atoms with E-state index in [-0.39, 0.29) is 6.10 Å². The van der Waals surface area contributed by atoms with Gasteiger partial charge >= 0.3 is 0 Å². The van der Waals surface area contributed by atoms with E-state index in [1.807, 2.05) is 12.1 Å². The quantitative estimate of drug-likeness (QED) is 0.726. The van der Waals surface area contributed by atoms with Crippen LogP contribution in [-0.2, 0) is 4.74 Å². The summed E-state index contributed by atoms with van der Waals surface area (Å²) in [7, 11) is 0. The maximum absolute atomic E-state index is 9.55. The summed E-state index contributed by atoms with van der Waals surface area (Å²) < 4.78 is 11.4. The summed E-state index contributed by atoms with van der Waals surface area (Å²) in [6.07, 6.45) is 8.16. The Hall–Kier alpha value is -3.57. The molecule has 8 heteroatoms. The summed E-state index contributed by atoms with van der Waals surface area (Å²) in [4.78, 5) is 16.9. The maximum Gasteiger partial charge on any atom is 0.228 e. The molecular weight excluding hydrogens is 356 g/mol. The van der Waals surface area contributed by atoms with E-state index in [4.69, 9.17) is 9.47 Å². The van der Waals surface area contributed by atoms with Gasteiger partial charge in [-0.2, -0.15) is 5.26 Å². The van der Waals surface area contributed by atoms with E-state index in [9.17, 15) is 5.26 Å². The second-order valence-corrected chi connectivity index (χ2v) is 6.23. The minimum Gasteiger partial charge on any atom is -0.489 e. The van der Waals surface area contributed by atoms with E-state index < -0.39 is 0 Å². The first-order valence-corrected chi connectivity index (χ1v) is 8.97. The van der Waals surface area contributed by atoms with E-state index in [0.29, 0.717) is 42.0 Å². The topological polar surface area (TPSA) is 106 Å². The number of aromatic nitrogens is 4. The molecule has 3 aromatic rings. The smallest absolute Gasteiger partial charge is 0.228 e. The number of nitriles is 1. The van der Waals surface area contributed by atoms with Gasteiger partial charge in [-0.05, 0) is 24.3 Å². The second kappa shape index (κ2) is 8.41. The zero-order valence-electron chi connectivity index (χ0n) is 15.1. The van der Waals surface area contributed by atoms with Crippen LogP contribution in [0, 0.1) is 11.3 Å². The lowest BCUT2D eigenvalue weighted by molar-refractivity contribution is 0.0254. The van der Waals surface area contributed by atoms with Crippen LogP contribution in [0.15, 0.2) is 49.1 Å². The molecular formula is C20H18N6O2. The summed E-state index contributed by atoms with van der Waals surface area (Å²) in [5.41, 5.74) is 1.97. The van der Waals surface area contributed by atoms with Gasteiger partial charge in [-0.1, -0.05) is 0 Å². The van der Waals surface area contributed by atoms with Gasteiger partial charge in [0.15, 0.2) is 5.82 Å². The number of nitrogens with zero attached hydrogens (tertiary/aromatic N) is 5. The minimum absolute atomic E-state index is 0.0773.